The number of thiazole rings is 1. The number of rotatable bonds is 4. The number of hydrogen-bond donors (Lipinski definition) is 1. The predicted octanol–water partition coefficient (Wildman–Crippen LogP) is 4.13. The normalized spacial score (nSPS) is 14.1. The molecule has 0 bridgehead atoms. The van der Waals surface area contributed by atoms with Crippen LogP contribution in [0.25, 0.3) is 10.2 Å². The van der Waals surface area contributed by atoms with Crippen LogP contribution in [0.4, 0.5) is 5.69 Å². The van der Waals surface area contributed by atoms with Crippen molar-refractivity contribution in [1.29, 1.82) is 0 Å². The van der Waals surface area contributed by atoms with Crippen molar-refractivity contribution in [2.45, 2.75) is 11.4 Å². The number of benzene rings is 3. The van der Waals surface area contributed by atoms with Crippen molar-refractivity contribution in [3.05, 3.63) is 88.9 Å². The van der Waals surface area contributed by atoms with Crippen molar-refractivity contribution >= 4 is 49.0 Å². The van der Waals surface area contributed by atoms with Crippen LogP contribution in [0.5, 0.6) is 0 Å². The van der Waals surface area contributed by atoms with Crippen molar-refractivity contribution in [3.8, 4) is 0 Å². The molecule has 7 nitrogen and oxygen atoms in total. The molecular formula is C23H18N4O3S2. The molecule has 5 rings (SSSR count). The Labute approximate surface area is 189 Å². The number of amides is 1. The summed E-state index contributed by atoms with van der Waals surface area (Å²) in [5, 5.41) is 3.91. The minimum atomic E-state index is -3.69. The second-order valence-electron chi connectivity index (χ2n) is 7.35. The lowest BCUT2D eigenvalue weighted by molar-refractivity contribution is 0.0785. The van der Waals surface area contributed by atoms with Gasteiger partial charge < -0.3 is 10.2 Å². The molecule has 1 amide bonds. The van der Waals surface area contributed by atoms with E-state index in [4.69, 9.17) is 0 Å². The lowest BCUT2D eigenvalue weighted by Crippen LogP contribution is -2.26. The van der Waals surface area contributed by atoms with Crippen LogP contribution in [-0.2, 0) is 16.6 Å². The first-order chi connectivity index (χ1) is 15.4. The average Bonchev–Trinajstić information content (AvgIpc) is 3.31. The Bertz CT molecular complexity index is 1440. The van der Waals surface area contributed by atoms with Gasteiger partial charge in [-0.1, -0.05) is 24.3 Å². The largest absolute Gasteiger partial charge is 0.339 e. The van der Waals surface area contributed by atoms with Crippen LogP contribution in [0.15, 0.2) is 82.1 Å². The third-order valence-corrected chi connectivity index (χ3v) is 7.44. The summed E-state index contributed by atoms with van der Waals surface area (Å²) < 4.78 is 29.3. The first-order valence-corrected chi connectivity index (χ1v) is 12.1. The van der Waals surface area contributed by atoms with Gasteiger partial charge in [0.1, 0.15) is 9.90 Å². The van der Waals surface area contributed by atoms with Gasteiger partial charge in [-0.3, -0.25) is 4.79 Å². The van der Waals surface area contributed by atoms with E-state index in [9.17, 15) is 13.2 Å². The quantitative estimate of drug-likeness (QED) is 0.492. The van der Waals surface area contributed by atoms with Gasteiger partial charge in [0.25, 0.3) is 15.9 Å². The van der Waals surface area contributed by atoms with Crippen LogP contribution in [0.2, 0.25) is 0 Å². The van der Waals surface area contributed by atoms with Gasteiger partial charge in [0.2, 0.25) is 0 Å². The Kier molecular flexibility index (Phi) is 4.99. The van der Waals surface area contributed by atoms with Gasteiger partial charge in [-0.15, -0.1) is 15.7 Å². The summed E-state index contributed by atoms with van der Waals surface area (Å²) in [5.41, 5.74) is 2.63. The molecule has 1 aromatic heterocycles. The molecule has 9 heteroatoms. The van der Waals surface area contributed by atoms with Gasteiger partial charge in [0, 0.05) is 23.9 Å². The van der Waals surface area contributed by atoms with Crippen molar-refractivity contribution in [2.75, 3.05) is 12.4 Å². The molecule has 0 saturated carbocycles. The molecule has 1 aliphatic heterocycles. The number of carbonyl (C=O) groups is 1. The zero-order chi connectivity index (χ0) is 22.3. The second kappa shape index (κ2) is 7.85. The summed E-state index contributed by atoms with van der Waals surface area (Å²) in [7, 11) is -1.94. The minimum absolute atomic E-state index is 0.123. The molecule has 0 fully saturated rings. The van der Waals surface area contributed by atoms with E-state index in [0.717, 1.165) is 15.2 Å². The van der Waals surface area contributed by atoms with Gasteiger partial charge in [0.15, 0.2) is 5.84 Å². The SMILES string of the molecule is CN(Cc1nc2ccccc2s1)C(=O)c1ccc(NC2=NS(=O)(=O)c3ccccc32)cc1. The molecule has 0 saturated heterocycles. The third-order valence-electron chi connectivity index (χ3n) is 5.08. The Hall–Kier alpha value is -3.56. The van der Waals surface area contributed by atoms with Gasteiger partial charge in [-0.2, -0.15) is 8.42 Å². The highest BCUT2D eigenvalue weighted by molar-refractivity contribution is 7.90. The van der Waals surface area contributed by atoms with Gasteiger partial charge in [-0.05, 0) is 48.5 Å². The summed E-state index contributed by atoms with van der Waals surface area (Å²) in [4.78, 5) is 19.2. The number of para-hydroxylation sites is 1. The highest BCUT2D eigenvalue weighted by atomic mass is 32.2. The molecule has 0 spiro atoms. The molecule has 1 aliphatic rings. The molecule has 0 atom stereocenters. The fraction of sp³-hybridized carbons (Fsp3) is 0.0870. The molecule has 160 valence electrons. The summed E-state index contributed by atoms with van der Waals surface area (Å²) in [6.07, 6.45) is 0. The molecule has 0 radical (unpaired) electrons. The Morgan fingerprint density at radius 1 is 1.00 bits per heavy atom. The average molecular weight is 463 g/mol. The van der Waals surface area contributed by atoms with Crippen molar-refractivity contribution < 1.29 is 13.2 Å². The summed E-state index contributed by atoms with van der Waals surface area (Å²) in [6, 6.07) is 21.4. The number of sulfonamides is 1. The predicted molar refractivity (Wildman–Crippen MR) is 126 cm³/mol. The molecule has 1 N–H and O–H groups in total. The Morgan fingerprint density at radius 2 is 1.72 bits per heavy atom. The van der Waals surface area contributed by atoms with Crippen LogP contribution in [0.1, 0.15) is 20.9 Å². The van der Waals surface area contributed by atoms with E-state index < -0.39 is 10.0 Å². The Morgan fingerprint density at radius 3 is 2.50 bits per heavy atom. The van der Waals surface area contributed by atoms with E-state index in [0.29, 0.717) is 23.4 Å². The zero-order valence-corrected chi connectivity index (χ0v) is 18.7. The van der Waals surface area contributed by atoms with Crippen molar-refractivity contribution in [1.82, 2.24) is 9.88 Å². The maximum Gasteiger partial charge on any atom is 0.285 e. The third kappa shape index (κ3) is 3.76. The molecule has 2 heterocycles. The number of fused-ring (bicyclic) bond motifs is 2. The zero-order valence-electron chi connectivity index (χ0n) is 17.0. The fourth-order valence-corrected chi connectivity index (χ4v) is 5.71. The van der Waals surface area contributed by atoms with E-state index >= 15 is 0 Å². The number of anilines is 1. The maximum absolute atomic E-state index is 12.8. The lowest BCUT2D eigenvalue weighted by Gasteiger charge is -2.16. The van der Waals surface area contributed by atoms with Gasteiger partial charge in [-0.25, -0.2) is 4.98 Å². The number of hydrogen-bond acceptors (Lipinski definition) is 6. The standard InChI is InChI=1S/C23H18N4O3S2/c1-27(14-21-25-18-7-3-4-8-19(18)31-21)23(28)15-10-12-16(13-11-15)24-22-17-6-2-5-9-20(17)32(29,30)26-22/h2-13H,14H2,1H3,(H,24,26). The van der Waals surface area contributed by atoms with Gasteiger partial charge in [0.05, 0.1) is 16.8 Å². The minimum Gasteiger partial charge on any atom is -0.339 e. The smallest absolute Gasteiger partial charge is 0.285 e. The lowest BCUT2D eigenvalue weighted by atomic mass is 10.1. The number of nitrogens with zero attached hydrogens (tertiary/aromatic N) is 3. The topological polar surface area (TPSA) is 91.7 Å². The molecule has 4 aromatic rings. The molecule has 3 aromatic carbocycles. The highest BCUT2D eigenvalue weighted by Gasteiger charge is 2.28. The molecule has 32 heavy (non-hydrogen) atoms. The number of nitrogens with one attached hydrogen (secondary N) is 1. The van der Waals surface area contributed by atoms with E-state index in [2.05, 4.69) is 14.7 Å². The summed E-state index contributed by atoms with van der Waals surface area (Å²) >= 11 is 1.58. The maximum atomic E-state index is 12.8. The summed E-state index contributed by atoms with van der Waals surface area (Å²) in [5.74, 6) is 0.148. The van der Waals surface area contributed by atoms with Crippen LogP contribution < -0.4 is 5.32 Å². The van der Waals surface area contributed by atoms with Crippen LogP contribution in [0, 0.1) is 0 Å². The van der Waals surface area contributed by atoms with Crippen LogP contribution >= 0.6 is 11.3 Å². The number of aromatic nitrogens is 1. The molecular weight excluding hydrogens is 444 g/mol. The first kappa shape index (κ1) is 20.3. The van der Waals surface area contributed by atoms with E-state index in [1.165, 1.54) is 6.07 Å². The fourth-order valence-electron chi connectivity index (χ4n) is 3.51. The number of amidine groups is 1. The Balaban J connectivity index is 1.30. The van der Waals surface area contributed by atoms with E-state index in [1.54, 1.807) is 65.7 Å². The second-order valence-corrected chi connectivity index (χ2v) is 10.0. The summed E-state index contributed by atoms with van der Waals surface area (Å²) in [6.45, 7) is 0.420. The van der Waals surface area contributed by atoms with Gasteiger partial charge >= 0.3 is 0 Å². The number of carbonyl (C=O) groups excluding carboxylic acids is 1. The monoisotopic (exact) mass is 462 g/mol. The molecule has 0 unspecified atom stereocenters. The highest BCUT2D eigenvalue weighted by Crippen LogP contribution is 2.27. The van der Waals surface area contributed by atoms with Crippen molar-refractivity contribution in [3.63, 3.8) is 0 Å². The van der Waals surface area contributed by atoms with E-state index in [1.807, 2.05) is 24.3 Å². The van der Waals surface area contributed by atoms with Crippen LogP contribution in [-0.4, -0.2) is 37.1 Å². The van der Waals surface area contributed by atoms with E-state index in [-0.39, 0.29) is 16.6 Å². The van der Waals surface area contributed by atoms with Crippen molar-refractivity contribution in [2.24, 2.45) is 4.40 Å². The first-order valence-electron chi connectivity index (χ1n) is 9.82. The van der Waals surface area contributed by atoms with Crippen LogP contribution in [0.3, 0.4) is 0 Å². The molecule has 0 aliphatic carbocycles.